The number of hydrogen-bond donors (Lipinski definition) is 1. The molecule has 0 amide bonds. The molecule has 1 N–H and O–H groups in total. The van der Waals surface area contributed by atoms with Gasteiger partial charge in [0.15, 0.2) is 0 Å². The lowest BCUT2D eigenvalue weighted by atomic mass is 10.1. The molecule has 4 heterocycles. The first-order valence-electron chi connectivity index (χ1n) is 12.0. The van der Waals surface area contributed by atoms with Crippen molar-refractivity contribution in [3.8, 4) is 5.75 Å². The number of aromatic nitrogens is 2. The van der Waals surface area contributed by atoms with Gasteiger partial charge in [-0.2, -0.15) is 0 Å². The van der Waals surface area contributed by atoms with E-state index in [1.165, 1.54) is 0 Å². The van der Waals surface area contributed by atoms with Crippen LogP contribution < -0.4 is 15.0 Å². The third kappa shape index (κ3) is 4.00. The number of aliphatic imine (C=N–C) groups is 1. The number of hydrogen-bond acceptors (Lipinski definition) is 8. The number of fused-ring (bicyclic) bond motifs is 5. The van der Waals surface area contributed by atoms with E-state index >= 15 is 0 Å². The lowest BCUT2D eigenvalue weighted by molar-refractivity contribution is 0.0361. The summed E-state index contributed by atoms with van der Waals surface area (Å²) in [6.45, 7) is 7.35. The fourth-order valence-corrected chi connectivity index (χ4v) is 5.01. The molecule has 1 saturated heterocycles. The van der Waals surface area contributed by atoms with Crippen molar-refractivity contribution < 1.29 is 9.47 Å². The summed E-state index contributed by atoms with van der Waals surface area (Å²) < 4.78 is 13.1. The summed E-state index contributed by atoms with van der Waals surface area (Å²) in [6.07, 6.45) is 1.04. The lowest BCUT2D eigenvalue weighted by Gasteiger charge is -2.42. The van der Waals surface area contributed by atoms with Gasteiger partial charge in [-0.15, -0.1) is 0 Å². The standard InChI is InChI=1S/C25H31N7O2/c1-33-20-9-7-19(8-10-20)23-28-24-26-17-30(12-4-11-29-13-15-34-16-14-29)18-31(24)25-27-21-5-2-3-6-22(21)32(23)25/h2-3,5-10,23H,4,11-18H2,1H3,(H,26,28)/t23-/m1/s1. The van der Waals surface area contributed by atoms with E-state index in [4.69, 9.17) is 19.5 Å². The van der Waals surface area contributed by atoms with Gasteiger partial charge in [0, 0.05) is 19.6 Å². The van der Waals surface area contributed by atoms with Crippen LogP contribution in [0.1, 0.15) is 18.2 Å². The fraction of sp³-hybridized carbons (Fsp3) is 0.440. The van der Waals surface area contributed by atoms with Crippen molar-refractivity contribution in [3.05, 3.63) is 54.1 Å². The number of nitrogens with one attached hydrogen (secondary N) is 1. The third-order valence-corrected chi connectivity index (χ3v) is 6.84. The van der Waals surface area contributed by atoms with Crippen LogP contribution in [0.4, 0.5) is 5.95 Å². The molecule has 2 aromatic carbocycles. The van der Waals surface area contributed by atoms with Crippen LogP contribution in [0, 0.1) is 0 Å². The van der Waals surface area contributed by atoms with E-state index in [1.54, 1.807) is 7.11 Å². The summed E-state index contributed by atoms with van der Waals surface area (Å²) in [6, 6.07) is 16.5. The molecule has 9 nitrogen and oxygen atoms in total. The molecule has 6 rings (SSSR count). The van der Waals surface area contributed by atoms with Crippen molar-refractivity contribution in [2.24, 2.45) is 4.99 Å². The summed E-state index contributed by atoms with van der Waals surface area (Å²) >= 11 is 0. The Kier molecular flexibility index (Phi) is 5.82. The molecule has 1 atom stereocenters. The van der Waals surface area contributed by atoms with Gasteiger partial charge in [0.05, 0.1) is 44.7 Å². The van der Waals surface area contributed by atoms with Crippen LogP contribution in [0.15, 0.2) is 53.5 Å². The predicted molar refractivity (Wildman–Crippen MR) is 132 cm³/mol. The van der Waals surface area contributed by atoms with E-state index in [0.29, 0.717) is 6.67 Å². The Bertz CT molecular complexity index is 1170. The smallest absolute Gasteiger partial charge is 0.216 e. The second kappa shape index (κ2) is 9.25. The SMILES string of the molecule is COc1ccc([C@@H]2NC3=NCN(CCCN4CCOCC4)CN3c3nc4ccccc4n32)cc1. The zero-order valence-electron chi connectivity index (χ0n) is 19.6. The molecule has 9 heteroatoms. The Labute approximate surface area is 199 Å². The van der Waals surface area contributed by atoms with Gasteiger partial charge in [0.25, 0.3) is 0 Å². The highest BCUT2D eigenvalue weighted by Gasteiger charge is 2.35. The van der Waals surface area contributed by atoms with Crippen LogP contribution in [0.5, 0.6) is 5.75 Å². The van der Waals surface area contributed by atoms with Crippen LogP contribution in [0.3, 0.4) is 0 Å². The molecule has 0 radical (unpaired) electrons. The first-order valence-corrected chi connectivity index (χ1v) is 12.0. The van der Waals surface area contributed by atoms with Gasteiger partial charge in [-0.25, -0.2) is 9.98 Å². The molecule has 1 fully saturated rings. The van der Waals surface area contributed by atoms with Gasteiger partial charge in [0.1, 0.15) is 11.9 Å². The molecule has 3 aromatic rings. The Morgan fingerprint density at radius 3 is 2.65 bits per heavy atom. The molecule has 3 aliphatic rings. The minimum atomic E-state index is -0.0869. The maximum absolute atomic E-state index is 5.47. The Morgan fingerprint density at radius 1 is 1.03 bits per heavy atom. The van der Waals surface area contributed by atoms with Gasteiger partial charge in [-0.1, -0.05) is 24.3 Å². The number of guanidine groups is 1. The number of benzene rings is 2. The minimum absolute atomic E-state index is 0.0869. The highest BCUT2D eigenvalue weighted by atomic mass is 16.5. The summed E-state index contributed by atoms with van der Waals surface area (Å²) in [5.74, 6) is 2.66. The number of para-hydroxylation sites is 2. The Balaban J connectivity index is 1.26. The number of nitrogens with zero attached hydrogens (tertiary/aromatic N) is 6. The van der Waals surface area contributed by atoms with Crippen LogP contribution >= 0.6 is 0 Å². The second-order valence-corrected chi connectivity index (χ2v) is 8.99. The second-order valence-electron chi connectivity index (χ2n) is 8.99. The molecule has 178 valence electrons. The van der Waals surface area contributed by atoms with Crippen molar-refractivity contribution in [2.75, 3.05) is 64.7 Å². The maximum atomic E-state index is 5.47. The van der Waals surface area contributed by atoms with Crippen molar-refractivity contribution in [1.29, 1.82) is 0 Å². The Morgan fingerprint density at radius 2 is 1.82 bits per heavy atom. The number of ether oxygens (including phenoxy) is 2. The number of methoxy groups -OCH3 is 1. The van der Waals surface area contributed by atoms with E-state index in [2.05, 4.69) is 54.9 Å². The van der Waals surface area contributed by atoms with E-state index in [-0.39, 0.29) is 6.17 Å². The summed E-state index contributed by atoms with van der Waals surface area (Å²) in [4.78, 5) is 17.0. The number of morpholine rings is 1. The van der Waals surface area contributed by atoms with Gasteiger partial charge in [-0.3, -0.25) is 19.3 Å². The zero-order valence-corrected chi connectivity index (χ0v) is 19.6. The van der Waals surface area contributed by atoms with E-state index < -0.39 is 0 Å². The molecular formula is C25H31N7O2. The van der Waals surface area contributed by atoms with E-state index in [9.17, 15) is 0 Å². The molecule has 34 heavy (non-hydrogen) atoms. The molecule has 0 saturated carbocycles. The van der Waals surface area contributed by atoms with E-state index in [1.807, 2.05) is 18.2 Å². The van der Waals surface area contributed by atoms with Crippen molar-refractivity contribution in [3.63, 3.8) is 0 Å². The molecule has 0 spiro atoms. The third-order valence-electron chi connectivity index (χ3n) is 6.84. The highest BCUT2D eigenvalue weighted by Crippen LogP contribution is 2.34. The number of imidazole rings is 1. The number of rotatable bonds is 6. The molecule has 0 unspecified atom stereocenters. The topological polar surface area (TPSA) is 70.4 Å². The average Bonchev–Trinajstić information content (AvgIpc) is 3.29. The van der Waals surface area contributed by atoms with Gasteiger partial charge >= 0.3 is 0 Å². The van der Waals surface area contributed by atoms with Gasteiger partial charge in [0.2, 0.25) is 11.9 Å². The first-order chi connectivity index (χ1) is 16.8. The Hall–Kier alpha value is -3.14. The van der Waals surface area contributed by atoms with Gasteiger partial charge in [-0.05, 0) is 42.8 Å². The molecule has 0 aliphatic carbocycles. The number of anilines is 1. The van der Waals surface area contributed by atoms with Gasteiger partial charge < -0.3 is 14.8 Å². The molecular weight excluding hydrogens is 430 g/mol. The van der Waals surface area contributed by atoms with Crippen molar-refractivity contribution in [1.82, 2.24) is 24.7 Å². The summed E-state index contributed by atoms with van der Waals surface area (Å²) in [7, 11) is 1.69. The maximum Gasteiger partial charge on any atom is 0.216 e. The molecule has 0 bridgehead atoms. The quantitative estimate of drug-likeness (QED) is 0.604. The fourth-order valence-electron chi connectivity index (χ4n) is 5.01. The summed E-state index contributed by atoms with van der Waals surface area (Å²) in [5.41, 5.74) is 3.23. The average molecular weight is 462 g/mol. The monoisotopic (exact) mass is 461 g/mol. The normalized spacial score (nSPS) is 21.0. The minimum Gasteiger partial charge on any atom is -0.497 e. The largest absolute Gasteiger partial charge is 0.497 e. The van der Waals surface area contributed by atoms with Crippen LogP contribution in [0.25, 0.3) is 11.0 Å². The zero-order chi connectivity index (χ0) is 22.9. The van der Waals surface area contributed by atoms with Crippen LogP contribution in [0.2, 0.25) is 0 Å². The first kappa shape index (κ1) is 21.4. The van der Waals surface area contributed by atoms with E-state index in [0.717, 1.165) is 86.7 Å². The predicted octanol–water partition coefficient (Wildman–Crippen LogP) is 2.31. The van der Waals surface area contributed by atoms with Crippen LogP contribution in [-0.4, -0.2) is 85.2 Å². The van der Waals surface area contributed by atoms with Crippen LogP contribution in [-0.2, 0) is 4.74 Å². The lowest BCUT2D eigenvalue weighted by Crippen LogP contribution is -2.57. The molecule has 3 aliphatic heterocycles. The van der Waals surface area contributed by atoms with Crippen molar-refractivity contribution >= 4 is 22.9 Å². The highest BCUT2D eigenvalue weighted by molar-refractivity contribution is 5.98. The molecule has 1 aromatic heterocycles. The summed E-state index contributed by atoms with van der Waals surface area (Å²) in [5, 5.41) is 3.68. The van der Waals surface area contributed by atoms with Crippen molar-refractivity contribution in [2.45, 2.75) is 12.6 Å².